The summed E-state index contributed by atoms with van der Waals surface area (Å²) < 4.78 is 5.57. The molecule has 0 saturated heterocycles. The Labute approximate surface area is 109 Å². The number of hydrogen-bond acceptors (Lipinski definition) is 5. The Balaban J connectivity index is 2.27. The maximum absolute atomic E-state index is 12.1. The van der Waals surface area contributed by atoms with Crippen LogP contribution in [-0.4, -0.2) is 25.2 Å². The molecular formula is C12H14N4OS. The minimum absolute atomic E-state index is 0.0438. The van der Waals surface area contributed by atoms with Gasteiger partial charge in [0.2, 0.25) is 0 Å². The molecule has 0 bridgehead atoms. The standard InChI is InChI=1S/C12H14N4OS/c1-4-16-9(3)12(8(2)14-16)11(17)6-5-10-7-18-15-13-10/h5-7H,4H2,1-3H3. The number of aryl methyl sites for hydroxylation is 2. The molecule has 0 atom stereocenters. The molecule has 6 heteroatoms. The minimum Gasteiger partial charge on any atom is -0.289 e. The number of aromatic nitrogens is 4. The zero-order valence-electron chi connectivity index (χ0n) is 10.5. The monoisotopic (exact) mass is 262 g/mol. The number of allylic oxidation sites excluding steroid dienone is 1. The van der Waals surface area contributed by atoms with Crippen molar-refractivity contribution in [3.8, 4) is 0 Å². The molecule has 0 radical (unpaired) electrons. The summed E-state index contributed by atoms with van der Waals surface area (Å²) in [4.78, 5) is 12.1. The van der Waals surface area contributed by atoms with E-state index in [4.69, 9.17) is 0 Å². The van der Waals surface area contributed by atoms with Gasteiger partial charge in [0, 0.05) is 17.6 Å². The van der Waals surface area contributed by atoms with E-state index in [1.54, 1.807) is 11.5 Å². The molecule has 0 aromatic carbocycles. The topological polar surface area (TPSA) is 60.7 Å². The summed E-state index contributed by atoms with van der Waals surface area (Å²) >= 11 is 1.26. The summed E-state index contributed by atoms with van der Waals surface area (Å²) in [6, 6.07) is 0. The van der Waals surface area contributed by atoms with E-state index in [9.17, 15) is 4.79 Å². The first-order valence-electron chi connectivity index (χ1n) is 5.67. The molecule has 0 N–H and O–H groups in total. The third-order valence-electron chi connectivity index (χ3n) is 2.71. The Morgan fingerprint density at radius 1 is 1.50 bits per heavy atom. The van der Waals surface area contributed by atoms with Gasteiger partial charge in [-0.05, 0) is 44.5 Å². The predicted molar refractivity (Wildman–Crippen MR) is 70.6 cm³/mol. The average molecular weight is 262 g/mol. The molecule has 18 heavy (non-hydrogen) atoms. The number of rotatable bonds is 4. The van der Waals surface area contributed by atoms with Crippen LogP contribution in [0, 0.1) is 13.8 Å². The van der Waals surface area contributed by atoms with Crippen molar-refractivity contribution in [1.29, 1.82) is 0 Å². The smallest absolute Gasteiger partial charge is 0.189 e. The van der Waals surface area contributed by atoms with E-state index in [-0.39, 0.29) is 5.78 Å². The lowest BCUT2D eigenvalue weighted by atomic mass is 10.1. The highest BCUT2D eigenvalue weighted by Gasteiger charge is 2.15. The maximum Gasteiger partial charge on any atom is 0.189 e. The van der Waals surface area contributed by atoms with Crippen LogP contribution in [-0.2, 0) is 6.54 Å². The average Bonchev–Trinajstić information content (AvgIpc) is 2.94. The summed E-state index contributed by atoms with van der Waals surface area (Å²) in [5, 5.41) is 9.98. The number of carbonyl (C=O) groups is 1. The third kappa shape index (κ3) is 2.38. The molecule has 2 aromatic rings. The quantitative estimate of drug-likeness (QED) is 0.626. The molecule has 2 heterocycles. The Hall–Kier alpha value is -1.82. The second-order valence-electron chi connectivity index (χ2n) is 3.89. The molecule has 0 spiro atoms. The van der Waals surface area contributed by atoms with Crippen molar-refractivity contribution in [1.82, 2.24) is 19.4 Å². The number of hydrogen-bond donors (Lipinski definition) is 0. The molecular weight excluding hydrogens is 248 g/mol. The van der Waals surface area contributed by atoms with Gasteiger partial charge in [0.05, 0.1) is 17.0 Å². The van der Waals surface area contributed by atoms with Crippen LogP contribution in [0.15, 0.2) is 11.5 Å². The van der Waals surface area contributed by atoms with Gasteiger partial charge < -0.3 is 0 Å². The van der Waals surface area contributed by atoms with Crippen molar-refractivity contribution in [2.24, 2.45) is 0 Å². The van der Waals surface area contributed by atoms with Gasteiger partial charge in [-0.15, -0.1) is 5.10 Å². The molecule has 0 unspecified atom stereocenters. The second kappa shape index (κ2) is 5.22. The lowest BCUT2D eigenvalue weighted by Crippen LogP contribution is -2.01. The van der Waals surface area contributed by atoms with Crippen LogP contribution >= 0.6 is 11.5 Å². The van der Waals surface area contributed by atoms with Crippen LogP contribution in [0.2, 0.25) is 0 Å². The molecule has 0 fully saturated rings. The van der Waals surface area contributed by atoms with Gasteiger partial charge >= 0.3 is 0 Å². The molecule has 5 nitrogen and oxygen atoms in total. The van der Waals surface area contributed by atoms with E-state index in [1.165, 1.54) is 17.6 Å². The van der Waals surface area contributed by atoms with Gasteiger partial charge in [0.1, 0.15) is 0 Å². The molecule has 94 valence electrons. The highest BCUT2D eigenvalue weighted by molar-refractivity contribution is 7.03. The zero-order chi connectivity index (χ0) is 13.1. The van der Waals surface area contributed by atoms with Crippen LogP contribution in [0.3, 0.4) is 0 Å². The normalized spacial score (nSPS) is 11.3. The Kier molecular flexibility index (Phi) is 3.66. The number of ketones is 1. The van der Waals surface area contributed by atoms with E-state index >= 15 is 0 Å². The Morgan fingerprint density at radius 2 is 2.28 bits per heavy atom. The van der Waals surface area contributed by atoms with Crippen molar-refractivity contribution < 1.29 is 4.79 Å². The molecule has 0 aliphatic heterocycles. The first-order valence-corrected chi connectivity index (χ1v) is 6.50. The highest BCUT2D eigenvalue weighted by Crippen LogP contribution is 2.15. The van der Waals surface area contributed by atoms with Gasteiger partial charge in [0.25, 0.3) is 0 Å². The van der Waals surface area contributed by atoms with Crippen LogP contribution in [0.1, 0.15) is 34.4 Å². The van der Waals surface area contributed by atoms with Crippen molar-refractivity contribution in [2.75, 3.05) is 0 Å². The fraction of sp³-hybridized carbons (Fsp3) is 0.333. The van der Waals surface area contributed by atoms with Crippen LogP contribution in [0.25, 0.3) is 6.08 Å². The SMILES string of the molecule is CCn1nc(C)c(C(=O)C=Cc2csnn2)c1C. The molecule has 2 aromatic heterocycles. The third-order valence-corrected chi connectivity index (χ3v) is 3.23. The molecule has 0 saturated carbocycles. The zero-order valence-corrected chi connectivity index (χ0v) is 11.4. The molecule has 0 amide bonds. The summed E-state index contributed by atoms with van der Waals surface area (Å²) in [5.74, 6) is -0.0438. The maximum atomic E-state index is 12.1. The summed E-state index contributed by atoms with van der Waals surface area (Å²) in [6.07, 6.45) is 3.20. The fourth-order valence-electron chi connectivity index (χ4n) is 1.85. The van der Waals surface area contributed by atoms with E-state index in [1.807, 2.05) is 25.5 Å². The summed E-state index contributed by atoms with van der Waals surface area (Å²) in [7, 11) is 0. The lowest BCUT2D eigenvalue weighted by Gasteiger charge is -1.99. The Morgan fingerprint density at radius 3 is 2.83 bits per heavy atom. The van der Waals surface area contributed by atoms with Gasteiger partial charge in [-0.1, -0.05) is 4.49 Å². The Bertz CT molecular complexity index is 583. The summed E-state index contributed by atoms with van der Waals surface area (Å²) in [6.45, 7) is 6.53. The molecule has 0 aliphatic rings. The predicted octanol–water partition coefficient (Wildman–Crippen LogP) is 2.27. The van der Waals surface area contributed by atoms with E-state index < -0.39 is 0 Å². The van der Waals surface area contributed by atoms with Crippen LogP contribution in [0.4, 0.5) is 0 Å². The first kappa shape index (κ1) is 12.6. The lowest BCUT2D eigenvalue weighted by molar-refractivity contribution is 0.104. The highest BCUT2D eigenvalue weighted by atomic mass is 32.1. The first-order chi connectivity index (χ1) is 8.63. The fourth-order valence-corrected chi connectivity index (χ4v) is 2.27. The largest absolute Gasteiger partial charge is 0.289 e. The molecule has 0 aliphatic carbocycles. The van der Waals surface area contributed by atoms with Gasteiger partial charge in [0.15, 0.2) is 5.78 Å². The molecule has 2 rings (SSSR count). The number of nitrogens with zero attached hydrogens (tertiary/aromatic N) is 4. The van der Waals surface area contributed by atoms with Crippen LogP contribution < -0.4 is 0 Å². The number of carbonyl (C=O) groups excluding carboxylic acids is 1. The van der Waals surface area contributed by atoms with Crippen LogP contribution in [0.5, 0.6) is 0 Å². The van der Waals surface area contributed by atoms with Crippen molar-refractivity contribution in [3.05, 3.63) is 34.1 Å². The van der Waals surface area contributed by atoms with E-state index in [0.717, 1.165) is 17.9 Å². The second-order valence-corrected chi connectivity index (χ2v) is 4.50. The van der Waals surface area contributed by atoms with Gasteiger partial charge in [-0.2, -0.15) is 5.10 Å². The van der Waals surface area contributed by atoms with Gasteiger partial charge in [-0.3, -0.25) is 9.48 Å². The van der Waals surface area contributed by atoms with E-state index in [0.29, 0.717) is 11.3 Å². The van der Waals surface area contributed by atoms with Crippen molar-refractivity contribution in [3.63, 3.8) is 0 Å². The van der Waals surface area contributed by atoms with Crippen molar-refractivity contribution in [2.45, 2.75) is 27.3 Å². The van der Waals surface area contributed by atoms with E-state index in [2.05, 4.69) is 14.7 Å². The van der Waals surface area contributed by atoms with Crippen molar-refractivity contribution >= 4 is 23.4 Å². The van der Waals surface area contributed by atoms with Gasteiger partial charge in [-0.25, -0.2) is 0 Å². The summed E-state index contributed by atoms with van der Waals surface area (Å²) in [5.41, 5.74) is 3.05. The minimum atomic E-state index is -0.0438.